The molecule has 110 valence electrons. The summed E-state index contributed by atoms with van der Waals surface area (Å²) in [5.74, 6) is -0.978. The second-order valence-electron chi connectivity index (χ2n) is 5.00. The number of thiazole rings is 1. The molecule has 20 heavy (non-hydrogen) atoms. The highest BCUT2D eigenvalue weighted by molar-refractivity contribution is 7.09. The number of aliphatic carboxylic acids is 1. The van der Waals surface area contributed by atoms with Gasteiger partial charge in [0.05, 0.1) is 25.3 Å². The molecule has 1 aromatic rings. The predicted molar refractivity (Wildman–Crippen MR) is 72.5 cm³/mol. The molecule has 3 atom stereocenters. The smallest absolute Gasteiger partial charge is 0.315 e. The van der Waals surface area contributed by atoms with E-state index in [2.05, 4.69) is 15.6 Å². The van der Waals surface area contributed by atoms with Crippen LogP contribution in [0.3, 0.4) is 0 Å². The van der Waals surface area contributed by atoms with Crippen molar-refractivity contribution in [3.05, 3.63) is 16.6 Å². The first kappa shape index (κ1) is 14.7. The second-order valence-corrected chi connectivity index (χ2v) is 5.93. The number of hydrogen-bond donors (Lipinski definition) is 3. The maximum atomic E-state index is 11.9. The largest absolute Gasteiger partial charge is 0.481 e. The molecule has 1 aromatic heterocycles. The molecule has 1 fully saturated rings. The number of hydrogen-bond acceptors (Lipinski definition) is 5. The van der Waals surface area contributed by atoms with E-state index in [9.17, 15) is 14.7 Å². The molecule has 3 unspecified atom stereocenters. The monoisotopic (exact) mass is 299 g/mol. The fourth-order valence-corrected chi connectivity index (χ4v) is 2.64. The summed E-state index contributed by atoms with van der Waals surface area (Å²) < 4.78 is 5.18. The third kappa shape index (κ3) is 2.91. The van der Waals surface area contributed by atoms with Gasteiger partial charge in [-0.1, -0.05) is 0 Å². The molecule has 0 saturated carbocycles. The highest BCUT2D eigenvalue weighted by Gasteiger charge is 2.47. The van der Waals surface area contributed by atoms with Crippen molar-refractivity contribution in [2.24, 2.45) is 5.41 Å². The van der Waals surface area contributed by atoms with E-state index in [1.807, 2.05) is 12.3 Å². The number of urea groups is 1. The van der Waals surface area contributed by atoms with Gasteiger partial charge < -0.3 is 20.5 Å². The zero-order chi connectivity index (χ0) is 14.8. The number of carboxylic acid groups (broad SMARTS) is 1. The predicted octanol–water partition coefficient (Wildman–Crippen LogP) is 0.993. The lowest BCUT2D eigenvalue weighted by Gasteiger charge is -2.26. The van der Waals surface area contributed by atoms with Crippen molar-refractivity contribution < 1.29 is 19.4 Å². The van der Waals surface area contributed by atoms with Crippen molar-refractivity contribution in [1.29, 1.82) is 0 Å². The summed E-state index contributed by atoms with van der Waals surface area (Å²) in [6, 6.07) is -1.20. The maximum absolute atomic E-state index is 11.9. The molecule has 2 amide bonds. The van der Waals surface area contributed by atoms with E-state index in [0.29, 0.717) is 0 Å². The Morgan fingerprint density at radius 1 is 1.65 bits per heavy atom. The third-order valence-corrected chi connectivity index (χ3v) is 4.38. The number of carboxylic acids is 1. The van der Waals surface area contributed by atoms with Crippen molar-refractivity contribution in [3.8, 4) is 0 Å². The highest BCUT2D eigenvalue weighted by Crippen LogP contribution is 2.28. The Kier molecular flexibility index (Phi) is 4.24. The molecule has 1 saturated heterocycles. The minimum absolute atomic E-state index is 0.0926. The third-order valence-electron chi connectivity index (χ3n) is 3.42. The lowest BCUT2D eigenvalue weighted by Crippen LogP contribution is -2.52. The maximum Gasteiger partial charge on any atom is 0.315 e. The van der Waals surface area contributed by atoms with Gasteiger partial charge in [-0.3, -0.25) is 4.79 Å². The van der Waals surface area contributed by atoms with E-state index in [1.54, 1.807) is 13.1 Å². The number of nitrogens with zero attached hydrogens (tertiary/aromatic N) is 1. The fraction of sp³-hybridized carbons (Fsp3) is 0.583. The summed E-state index contributed by atoms with van der Waals surface area (Å²) in [6.45, 7) is 3.68. The molecule has 1 aliphatic rings. The number of aromatic nitrogens is 1. The molecular weight excluding hydrogens is 282 g/mol. The first-order valence-electron chi connectivity index (χ1n) is 6.21. The van der Waals surface area contributed by atoms with Gasteiger partial charge in [-0.15, -0.1) is 11.3 Å². The van der Waals surface area contributed by atoms with Crippen LogP contribution in [-0.2, 0) is 9.53 Å². The number of ether oxygens (including phenoxy) is 1. The van der Waals surface area contributed by atoms with Gasteiger partial charge in [-0.2, -0.15) is 0 Å². The summed E-state index contributed by atoms with van der Waals surface area (Å²) >= 11 is 1.45. The zero-order valence-corrected chi connectivity index (χ0v) is 12.1. The Hall–Kier alpha value is -1.67. The van der Waals surface area contributed by atoms with Crippen molar-refractivity contribution >= 4 is 23.3 Å². The molecule has 8 heteroatoms. The Morgan fingerprint density at radius 3 is 3.00 bits per heavy atom. The molecule has 0 radical (unpaired) electrons. The van der Waals surface area contributed by atoms with Gasteiger partial charge in [-0.05, 0) is 13.8 Å². The number of nitrogens with one attached hydrogen (secondary N) is 2. The number of rotatable bonds is 4. The minimum atomic E-state index is -1.10. The number of amides is 2. The van der Waals surface area contributed by atoms with Gasteiger partial charge in [0.2, 0.25) is 0 Å². The van der Waals surface area contributed by atoms with Gasteiger partial charge in [0, 0.05) is 11.6 Å². The standard InChI is InChI=1S/C12H17N3O4S/c1-7(9-13-3-4-20-9)14-11(18)15-8-5-19-6-12(8,2)10(16)17/h3-4,7-8H,5-6H2,1-2H3,(H,16,17)(H2,14,15,18). The molecule has 0 aromatic carbocycles. The van der Waals surface area contributed by atoms with Gasteiger partial charge in [-0.25, -0.2) is 9.78 Å². The van der Waals surface area contributed by atoms with Crippen LogP contribution < -0.4 is 10.6 Å². The van der Waals surface area contributed by atoms with Crippen molar-refractivity contribution in [3.63, 3.8) is 0 Å². The minimum Gasteiger partial charge on any atom is -0.481 e. The van der Waals surface area contributed by atoms with E-state index in [4.69, 9.17) is 4.74 Å². The molecule has 7 nitrogen and oxygen atoms in total. The van der Waals surface area contributed by atoms with Crippen LogP contribution in [0.25, 0.3) is 0 Å². The van der Waals surface area contributed by atoms with Crippen LogP contribution >= 0.6 is 11.3 Å². The quantitative estimate of drug-likeness (QED) is 0.770. The Labute approximate surface area is 120 Å². The molecule has 0 bridgehead atoms. The summed E-state index contributed by atoms with van der Waals surface area (Å²) in [6.07, 6.45) is 1.67. The van der Waals surface area contributed by atoms with Crippen LogP contribution in [-0.4, -0.2) is 41.3 Å². The summed E-state index contributed by atoms with van der Waals surface area (Å²) in [5.41, 5.74) is -1.10. The summed E-state index contributed by atoms with van der Waals surface area (Å²) in [4.78, 5) is 27.3. The Bertz CT molecular complexity index is 493. The topological polar surface area (TPSA) is 101 Å². The van der Waals surface area contributed by atoms with Gasteiger partial charge in [0.1, 0.15) is 10.4 Å². The normalized spacial score (nSPS) is 27.0. The molecule has 0 spiro atoms. The van der Waals surface area contributed by atoms with E-state index < -0.39 is 23.5 Å². The van der Waals surface area contributed by atoms with Gasteiger partial charge in [0.15, 0.2) is 0 Å². The average Bonchev–Trinajstić information content (AvgIpc) is 3.00. The van der Waals surface area contributed by atoms with Gasteiger partial charge >= 0.3 is 12.0 Å². The van der Waals surface area contributed by atoms with Crippen molar-refractivity contribution in [2.75, 3.05) is 13.2 Å². The van der Waals surface area contributed by atoms with Crippen LogP contribution in [0, 0.1) is 5.41 Å². The van der Waals surface area contributed by atoms with E-state index >= 15 is 0 Å². The molecule has 3 N–H and O–H groups in total. The SMILES string of the molecule is CC(NC(=O)NC1COCC1(C)C(=O)O)c1nccs1. The van der Waals surface area contributed by atoms with Crippen LogP contribution in [0.5, 0.6) is 0 Å². The lowest BCUT2D eigenvalue weighted by molar-refractivity contribution is -0.148. The first-order valence-corrected chi connectivity index (χ1v) is 7.09. The molecule has 0 aliphatic carbocycles. The van der Waals surface area contributed by atoms with Crippen molar-refractivity contribution in [2.45, 2.75) is 25.9 Å². The number of carbonyl (C=O) groups is 2. The van der Waals surface area contributed by atoms with Crippen LogP contribution in [0.15, 0.2) is 11.6 Å². The molecule has 2 rings (SSSR count). The zero-order valence-electron chi connectivity index (χ0n) is 11.3. The number of carbonyl (C=O) groups excluding carboxylic acids is 1. The summed E-state index contributed by atoms with van der Waals surface area (Å²) in [5, 5.41) is 17.3. The Morgan fingerprint density at radius 2 is 2.40 bits per heavy atom. The first-order chi connectivity index (χ1) is 9.43. The molecular formula is C12H17N3O4S. The van der Waals surface area contributed by atoms with Crippen LogP contribution in [0.4, 0.5) is 4.79 Å². The fourth-order valence-electron chi connectivity index (χ4n) is 1.99. The van der Waals surface area contributed by atoms with Crippen LogP contribution in [0.1, 0.15) is 24.9 Å². The summed E-state index contributed by atoms with van der Waals surface area (Å²) in [7, 11) is 0. The Balaban J connectivity index is 1.93. The van der Waals surface area contributed by atoms with Gasteiger partial charge in [0.25, 0.3) is 0 Å². The molecule has 2 heterocycles. The average molecular weight is 299 g/mol. The van der Waals surface area contributed by atoms with E-state index in [-0.39, 0.29) is 19.3 Å². The van der Waals surface area contributed by atoms with Crippen molar-refractivity contribution in [1.82, 2.24) is 15.6 Å². The molecule has 1 aliphatic heterocycles. The lowest BCUT2D eigenvalue weighted by atomic mass is 9.85. The van der Waals surface area contributed by atoms with E-state index in [0.717, 1.165) is 5.01 Å². The second kappa shape index (κ2) is 5.76. The highest BCUT2D eigenvalue weighted by atomic mass is 32.1. The van der Waals surface area contributed by atoms with Crippen LogP contribution in [0.2, 0.25) is 0 Å². The van der Waals surface area contributed by atoms with E-state index in [1.165, 1.54) is 11.3 Å².